The van der Waals surface area contributed by atoms with Gasteiger partial charge in [0.05, 0.1) is 11.3 Å². The van der Waals surface area contributed by atoms with E-state index >= 15 is 0 Å². The fourth-order valence-corrected chi connectivity index (χ4v) is 2.83. The summed E-state index contributed by atoms with van der Waals surface area (Å²) < 4.78 is 0. The quantitative estimate of drug-likeness (QED) is 0.688. The molecule has 3 aromatic carbocycles. The van der Waals surface area contributed by atoms with Crippen molar-refractivity contribution < 1.29 is 9.59 Å². The first-order valence-corrected chi connectivity index (χ1v) is 8.88. The molecule has 4 nitrogen and oxygen atoms in total. The van der Waals surface area contributed by atoms with Crippen molar-refractivity contribution in [2.24, 2.45) is 0 Å². The molecular formula is C22H19ClN2O2. The van der Waals surface area contributed by atoms with Crippen molar-refractivity contribution >= 4 is 29.1 Å². The number of nitrogens with one attached hydrogen (secondary N) is 1. The fourth-order valence-electron chi connectivity index (χ4n) is 2.70. The topological polar surface area (TPSA) is 49.4 Å². The normalized spacial score (nSPS) is 10.3. The van der Waals surface area contributed by atoms with Gasteiger partial charge < -0.3 is 10.2 Å². The summed E-state index contributed by atoms with van der Waals surface area (Å²) in [6.07, 6.45) is 0. The van der Waals surface area contributed by atoms with E-state index in [1.54, 1.807) is 72.6 Å². The highest BCUT2D eigenvalue weighted by Crippen LogP contribution is 2.19. The first kappa shape index (κ1) is 18.7. The fraction of sp³-hybridized carbons (Fsp3) is 0.0909. The molecule has 0 aromatic heterocycles. The number of rotatable bonds is 5. The van der Waals surface area contributed by atoms with Crippen LogP contribution >= 0.6 is 11.6 Å². The second-order valence-corrected chi connectivity index (χ2v) is 6.59. The van der Waals surface area contributed by atoms with Gasteiger partial charge in [-0.25, -0.2) is 0 Å². The standard InChI is InChI=1S/C22H19ClN2O2/c1-25(15-16-11-13-18(23)14-12-16)22(27)19-9-5-6-10-20(19)24-21(26)17-7-3-2-4-8-17/h2-14H,15H2,1H3,(H,24,26). The van der Waals surface area contributed by atoms with Crippen LogP contribution in [0.15, 0.2) is 78.9 Å². The largest absolute Gasteiger partial charge is 0.337 e. The average molecular weight is 379 g/mol. The SMILES string of the molecule is CN(Cc1ccc(Cl)cc1)C(=O)c1ccccc1NC(=O)c1ccccc1. The first-order chi connectivity index (χ1) is 13.0. The van der Waals surface area contributed by atoms with Crippen LogP contribution in [0.3, 0.4) is 0 Å². The van der Waals surface area contributed by atoms with Gasteiger partial charge in [0.25, 0.3) is 11.8 Å². The molecule has 136 valence electrons. The molecule has 0 atom stereocenters. The Morgan fingerprint density at radius 1 is 0.889 bits per heavy atom. The van der Waals surface area contributed by atoms with Crippen molar-refractivity contribution in [2.45, 2.75) is 6.54 Å². The van der Waals surface area contributed by atoms with Crippen molar-refractivity contribution in [3.63, 3.8) is 0 Å². The number of halogens is 1. The summed E-state index contributed by atoms with van der Waals surface area (Å²) in [5.74, 6) is -0.426. The van der Waals surface area contributed by atoms with Gasteiger partial charge in [-0.05, 0) is 42.0 Å². The lowest BCUT2D eigenvalue weighted by atomic mass is 10.1. The van der Waals surface area contributed by atoms with Gasteiger partial charge in [-0.15, -0.1) is 0 Å². The molecule has 0 bridgehead atoms. The van der Waals surface area contributed by atoms with Gasteiger partial charge in [0.15, 0.2) is 0 Å². The van der Waals surface area contributed by atoms with Crippen LogP contribution in [0.5, 0.6) is 0 Å². The van der Waals surface area contributed by atoms with E-state index in [0.29, 0.717) is 28.4 Å². The number of carbonyl (C=O) groups is 2. The van der Waals surface area contributed by atoms with Crippen molar-refractivity contribution in [3.8, 4) is 0 Å². The summed E-state index contributed by atoms with van der Waals surface area (Å²) in [6.45, 7) is 0.441. The number of hydrogen-bond acceptors (Lipinski definition) is 2. The van der Waals surface area contributed by atoms with Crippen molar-refractivity contribution in [3.05, 3.63) is 101 Å². The summed E-state index contributed by atoms with van der Waals surface area (Å²) in [7, 11) is 1.73. The van der Waals surface area contributed by atoms with Crippen LogP contribution in [0.1, 0.15) is 26.3 Å². The number of para-hydroxylation sites is 1. The van der Waals surface area contributed by atoms with Crippen LogP contribution in [0.2, 0.25) is 5.02 Å². The third kappa shape index (κ3) is 4.74. The Morgan fingerprint density at radius 3 is 2.22 bits per heavy atom. The molecule has 0 aliphatic heterocycles. The molecule has 0 fully saturated rings. The molecule has 2 amide bonds. The lowest BCUT2D eigenvalue weighted by molar-refractivity contribution is 0.0786. The predicted molar refractivity (Wildman–Crippen MR) is 108 cm³/mol. The lowest BCUT2D eigenvalue weighted by Gasteiger charge is -2.19. The molecule has 0 unspecified atom stereocenters. The van der Waals surface area contributed by atoms with Gasteiger partial charge in [0, 0.05) is 24.2 Å². The maximum absolute atomic E-state index is 12.9. The number of hydrogen-bond donors (Lipinski definition) is 1. The summed E-state index contributed by atoms with van der Waals surface area (Å²) in [5.41, 5.74) is 2.44. The zero-order valence-corrected chi connectivity index (χ0v) is 15.6. The van der Waals surface area contributed by atoms with Crippen molar-refractivity contribution in [1.29, 1.82) is 0 Å². The minimum Gasteiger partial charge on any atom is -0.337 e. The molecule has 0 saturated carbocycles. The van der Waals surface area contributed by atoms with E-state index in [4.69, 9.17) is 11.6 Å². The van der Waals surface area contributed by atoms with Gasteiger partial charge in [-0.3, -0.25) is 9.59 Å². The zero-order valence-electron chi connectivity index (χ0n) is 14.9. The Morgan fingerprint density at radius 2 is 1.52 bits per heavy atom. The molecular weight excluding hydrogens is 360 g/mol. The van der Waals surface area contributed by atoms with Crippen LogP contribution in [0, 0.1) is 0 Å². The molecule has 0 saturated heterocycles. The number of carbonyl (C=O) groups excluding carboxylic acids is 2. The molecule has 3 rings (SSSR count). The molecule has 5 heteroatoms. The predicted octanol–water partition coefficient (Wildman–Crippen LogP) is 4.86. The Balaban J connectivity index is 1.77. The number of amides is 2. The number of nitrogens with zero attached hydrogens (tertiary/aromatic N) is 1. The van der Waals surface area contributed by atoms with Crippen LogP contribution in [0.25, 0.3) is 0 Å². The molecule has 0 aliphatic carbocycles. The second-order valence-electron chi connectivity index (χ2n) is 6.15. The highest BCUT2D eigenvalue weighted by molar-refractivity contribution is 6.30. The van der Waals surface area contributed by atoms with Gasteiger partial charge in [-0.2, -0.15) is 0 Å². The van der Waals surface area contributed by atoms with Crippen LogP contribution in [-0.4, -0.2) is 23.8 Å². The molecule has 0 radical (unpaired) electrons. The van der Waals surface area contributed by atoms with E-state index in [-0.39, 0.29) is 11.8 Å². The molecule has 27 heavy (non-hydrogen) atoms. The summed E-state index contributed by atoms with van der Waals surface area (Å²) in [5, 5.41) is 3.48. The molecule has 0 spiro atoms. The minimum atomic E-state index is -0.254. The molecule has 0 heterocycles. The van der Waals surface area contributed by atoms with Gasteiger partial charge in [0.2, 0.25) is 0 Å². The molecule has 3 aromatic rings. The number of anilines is 1. The van der Waals surface area contributed by atoms with Crippen LogP contribution in [-0.2, 0) is 6.54 Å². The van der Waals surface area contributed by atoms with Gasteiger partial charge in [0.1, 0.15) is 0 Å². The van der Waals surface area contributed by atoms with E-state index in [1.807, 2.05) is 18.2 Å². The van der Waals surface area contributed by atoms with E-state index in [1.165, 1.54) is 0 Å². The van der Waals surface area contributed by atoms with E-state index < -0.39 is 0 Å². The molecule has 0 aliphatic rings. The summed E-state index contributed by atoms with van der Waals surface area (Å²) in [4.78, 5) is 26.9. The Labute approximate surface area is 163 Å². The van der Waals surface area contributed by atoms with Crippen molar-refractivity contribution in [2.75, 3.05) is 12.4 Å². The Hall–Kier alpha value is -3.11. The summed E-state index contributed by atoms with van der Waals surface area (Å²) in [6, 6.07) is 23.3. The van der Waals surface area contributed by atoms with E-state index in [2.05, 4.69) is 5.32 Å². The Bertz CT molecular complexity index is 940. The molecule has 1 N–H and O–H groups in total. The average Bonchev–Trinajstić information content (AvgIpc) is 2.70. The Kier molecular flexibility index (Phi) is 5.89. The maximum Gasteiger partial charge on any atom is 0.256 e. The van der Waals surface area contributed by atoms with Gasteiger partial charge in [-0.1, -0.05) is 54.1 Å². The zero-order chi connectivity index (χ0) is 19.2. The van der Waals surface area contributed by atoms with Gasteiger partial charge >= 0.3 is 0 Å². The highest BCUT2D eigenvalue weighted by Gasteiger charge is 2.17. The third-order valence-corrected chi connectivity index (χ3v) is 4.37. The first-order valence-electron chi connectivity index (χ1n) is 8.50. The highest BCUT2D eigenvalue weighted by atomic mass is 35.5. The monoisotopic (exact) mass is 378 g/mol. The minimum absolute atomic E-state index is 0.172. The third-order valence-electron chi connectivity index (χ3n) is 4.12. The smallest absolute Gasteiger partial charge is 0.256 e. The van der Waals surface area contributed by atoms with E-state index in [0.717, 1.165) is 5.56 Å². The lowest BCUT2D eigenvalue weighted by Crippen LogP contribution is -2.27. The van der Waals surface area contributed by atoms with Crippen LogP contribution < -0.4 is 5.32 Å². The number of benzene rings is 3. The summed E-state index contributed by atoms with van der Waals surface area (Å²) >= 11 is 5.91. The van der Waals surface area contributed by atoms with E-state index in [9.17, 15) is 9.59 Å². The maximum atomic E-state index is 12.9. The van der Waals surface area contributed by atoms with Crippen molar-refractivity contribution in [1.82, 2.24) is 4.90 Å². The second kappa shape index (κ2) is 8.52. The van der Waals surface area contributed by atoms with Crippen LogP contribution in [0.4, 0.5) is 5.69 Å².